The van der Waals surface area contributed by atoms with Crippen molar-refractivity contribution in [3.63, 3.8) is 0 Å². The van der Waals surface area contributed by atoms with Crippen molar-refractivity contribution in [2.75, 3.05) is 6.54 Å². The van der Waals surface area contributed by atoms with Crippen LogP contribution in [0.5, 0.6) is 0 Å². The Kier molecular flexibility index (Phi) is 3.42. The largest absolute Gasteiger partial charge is 0.335 e. The second kappa shape index (κ2) is 5.04. The van der Waals surface area contributed by atoms with E-state index in [1.54, 1.807) is 0 Å². The number of rotatable bonds is 3. The molecule has 0 amide bonds. The fourth-order valence-corrected chi connectivity index (χ4v) is 3.81. The summed E-state index contributed by atoms with van der Waals surface area (Å²) in [6.45, 7) is 0.827. The molecule has 3 nitrogen and oxygen atoms in total. The van der Waals surface area contributed by atoms with E-state index in [0.29, 0.717) is 0 Å². The van der Waals surface area contributed by atoms with E-state index in [1.807, 2.05) is 0 Å². The highest BCUT2D eigenvalue weighted by Crippen LogP contribution is 2.36. The molecule has 0 aromatic carbocycles. The molecule has 0 saturated heterocycles. The highest BCUT2D eigenvalue weighted by atomic mass is 15.1. The molecule has 2 aliphatic rings. The molecular formula is C15H25N3. The quantitative estimate of drug-likeness (QED) is 0.892. The summed E-state index contributed by atoms with van der Waals surface area (Å²) in [6.07, 6.45) is 10.3. The van der Waals surface area contributed by atoms with Gasteiger partial charge in [0.15, 0.2) is 0 Å². The van der Waals surface area contributed by atoms with Gasteiger partial charge in [0.05, 0.1) is 5.69 Å². The van der Waals surface area contributed by atoms with Crippen LogP contribution in [-0.4, -0.2) is 16.1 Å². The second-order valence-corrected chi connectivity index (χ2v) is 6.09. The SMILES string of the molecule is Cn1c(C2CCCC2)nc2c1CC(CCN)CC2. The van der Waals surface area contributed by atoms with Gasteiger partial charge in [-0.05, 0) is 51.0 Å². The van der Waals surface area contributed by atoms with Gasteiger partial charge in [-0.1, -0.05) is 12.8 Å². The van der Waals surface area contributed by atoms with Crippen molar-refractivity contribution in [2.24, 2.45) is 18.7 Å². The Hall–Kier alpha value is -0.830. The Morgan fingerprint density at radius 1 is 1.28 bits per heavy atom. The minimum Gasteiger partial charge on any atom is -0.335 e. The van der Waals surface area contributed by atoms with Crippen LogP contribution in [0.3, 0.4) is 0 Å². The molecule has 1 fully saturated rings. The maximum atomic E-state index is 5.70. The van der Waals surface area contributed by atoms with Gasteiger partial charge in [0.25, 0.3) is 0 Å². The Bertz CT molecular complexity index is 416. The van der Waals surface area contributed by atoms with Gasteiger partial charge in [-0.15, -0.1) is 0 Å². The van der Waals surface area contributed by atoms with Crippen LogP contribution in [0.4, 0.5) is 0 Å². The first-order valence-electron chi connectivity index (χ1n) is 7.54. The summed E-state index contributed by atoms with van der Waals surface area (Å²) in [5, 5.41) is 0. The summed E-state index contributed by atoms with van der Waals surface area (Å²) in [4.78, 5) is 4.96. The van der Waals surface area contributed by atoms with Gasteiger partial charge < -0.3 is 10.3 Å². The number of aromatic nitrogens is 2. The van der Waals surface area contributed by atoms with Gasteiger partial charge in [-0.3, -0.25) is 0 Å². The predicted molar refractivity (Wildman–Crippen MR) is 73.6 cm³/mol. The van der Waals surface area contributed by atoms with Crippen molar-refractivity contribution in [1.82, 2.24) is 9.55 Å². The van der Waals surface area contributed by atoms with Gasteiger partial charge in [0, 0.05) is 18.7 Å². The van der Waals surface area contributed by atoms with Crippen LogP contribution in [0.25, 0.3) is 0 Å². The molecule has 1 aromatic heterocycles. The average Bonchev–Trinajstić information content (AvgIpc) is 2.99. The number of hydrogen-bond acceptors (Lipinski definition) is 2. The first kappa shape index (κ1) is 12.2. The Labute approximate surface area is 110 Å². The van der Waals surface area contributed by atoms with Crippen LogP contribution in [0.15, 0.2) is 0 Å². The van der Waals surface area contributed by atoms with E-state index in [0.717, 1.165) is 18.4 Å². The van der Waals surface area contributed by atoms with E-state index in [-0.39, 0.29) is 0 Å². The third-order valence-electron chi connectivity index (χ3n) is 4.90. The number of hydrogen-bond donors (Lipinski definition) is 1. The summed E-state index contributed by atoms with van der Waals surface area (Å²) in [7, 11) is 2.23. The van der Waals surface area contributed by atoms with Crippen LogP contribution in [0, 0.1) is 5.92 Å². The van der Waals surface area contributed by atoms with E-state index in [9.17, 15) is 0 Å². The third-order valence-corrected chi connectivity index (χ3v) is 4.90. The van der Waals surface area contributed by atoms with E-state index >= 15 is 0 Å². The first-order valence-corrected chi connectivity index (χ1v) is 7.54. The maximum absolute atomic E-state index is 5.70. The Morgan fingerprint density at radius 2 is 2.06 bits per heavy atom. The van der Waals surface area contributed by atoms with Gasteiger partial charge in [0.2, 0.25) is 0 Å². The minimum absolute atomic E-state index is 0.730. The normalized spacial score (nSPS) is 24.4. The Balaban J connectivity index is 1.83. The smallest absolute Gasteiger partial charge is 0.112 e. The molecule has 1 heterocycles. The first-order chi connectivity index (χ1) is 8.79. The standard InChI is InChI=1S/C15H25N3/c1-18-14-10-11(8-9-16)6-7-13(14)17-15(18)12-4-2-3-5-12/h11-12H,2-10,16H2,1H3. The zero-order valence-electron chi connectivity index (χ0n) is 11.5. The van der Waals surface area contributed by atoms with Crippen LogP contribution in [0.2, 0.25) is 0 Å². The lowest BCUT2D eigenvalue weighted by Gasteiger charge is -2.22. The number of imidazole rings is 1. The van der Waals surface area contributed by atoms with E-state index in [2.05, 4.69) is 11.6 Å². The van der Waals surface area contributed by atoms with Crippen LogP contribution in [0.1, 0.15) is 61.7 Å². The fourth-order valence-electron chi connectivity index (χ4n) is 3.81. The lowest BCUT2D eigenvalue weighted by atomic mass is 9.87. The molecule has 18 heavy (non-hydrogen) atoms. The molecule has 1 aromatic rings. The molecule has 0 bridgehead atoms. The van der Waals surface area contributed by atoms with Gasteiger partial charge in [0.1, 0.15) is 5.82 Å². The second-order valence-electron chi connectivity index (χ2n) is 6.09. The Morgan fingerprint density at radius 3 is 2.78 bits per heavy atom. The molecule has 2 aliphatic carbocycles. The number of nitrogens with two attached hydrogens (primary N) is 1. The van der Waals surface area contributed by atoms with E-state index < -0.39 is 0 Å². The molecule has 3 rings (SSSR count). The molecule has 0 spiro atoms. The molecule has 0 radical (unpaired) electrons. The molecule has 100 valence electrons. The summed E-state index contributed by atoms with van der Waals surface area (Å²) in [5.41, 5.74) is 8.58. The van der Waals surface area contributed by atoms with Crippen LogP contribution >= 0.6 is 0 Å². The number of fused-ring (bicyclic) bond motifs is 1. The summed E-state index contributed by atoms with van der Waals surface area (Å²) in [6, 6.07) is 0. The molecule has 3 heteroatoms. The summed E-state index contributed by atoms with van der Waals surface area (Å²) < 4.78 is 2.41. The summed E-state index contributed by atoms with van der Waals surface area (Å²) >= 11 is 0. The van der Waals surface area contributed by atoms with Crippen molar-refractivity contribution in [3.05, 3.63) is 17.2 Å². The molecule has 2 N–H and O–H groups in total. The van der Waals surface area contributed by atoms with Crippen molar-refractivity contribution >= 4 is 0 Å². The van der Waals surface area contributed by atoms with Crippen molar-refractivity contribution in [1.29, 1.82) is 0 Å². The highest BCUT2D eigenvalue weighted by molar-refractivity contribution is 5.23. The monoisotopic (exact) mass is 247 g/mol. The lowest BCUT2D eigenvalue weighted by molar-refractivity contribution is 0.419. The molecule has 1 saturated carbocycles. The third kappa shape index (κ3) is 2.09. The van der Waals surface area contributed by atoms with E-state index in [1.165, 1.54) is 68.6 Å². The summed E-state index contributed by atoms with van der Waals surface area (Å²) in [5.74, 6) is 2.88. The maximum Gasteiger partial charge on any atom is 0.112 e. The number of nitrogens with zero attached hydrogens (tertiary/aromatic N) is 2. The molecule has 0 aliphatic heterocycles. The zero-order valence-corrected chi connectivity index (χ0v) is 11.5. The van der Waals surface area contributed by atoms with Crippen molar-refractivity contribution < 1.29 is 0 Å². The van der Waals surface area contributed by atoms with Gasteiger partial charge >= 0.3 is 0 Å². The highest BCUT2D eigenvalue weighted by Gasteiger charge is 2.28. The van der Waals surface area contributed by atoms with Crippen LogP contribution in [-0.2, 0) is 19.9 Å². The molecule has 1 atom stereocenters. The lowest BCUT2D eigenvalue weighted by Crippen LogP contribution is -2.19. The van der Waals surface area contributed by atoms with Gasteiger partial charge in [-0.25, -0.2) is 4.98 Å². The minimum atomic E-state index is 0.730. The topological polar surface area (TPSA) is 43.8 Å². The molecular weight excluding hydrogens is 222 g/mol. The number of aryl methyl sites for hydroxylation is 1. The van der Waals surface area contributed by atoms with Crippen molar-refractivity contribution in [3.8, 4) is 0 Å². The van der Waals surface area contributed by atoms with E-state index in [4.69, 9.17) is 10.7 Å². The van der Waals surface area contributed by atoms with Gasteiger partial charge in [-0.2, -0.15) is 0 Å². The fraction of sp³-hybridized carbons (Fsp3) is 0.800. The molecule has 1 unspecified atom stereocenters. The van der Waals surface area contributed by atoms with Crippen LogP contribution < -0.4 is 5.73 Å². The average molecular weight is 247 g/mol. The zero-order chi connectivity index (χ0) is 12.5. The predicted octanol–water partition coefficient (Wildman–Crippen LogP) is 2.53. The van der Waals surface area contributed by atoms with Crippen molar-refractivity contribution in [2.45, 2.75) is 57.3 Å².